The molecule has 0 heterocycles. The molecule has 1 atom stereocenters. The van der Waals surface area contributed by atoms with E-state index < -0.39 is 0 Å². The molecule has 0 aliphatic carbocycles. The zero-order valence-corrected chi connectivity index (χ0v) is 11.1. The molecule has 1 aromatic carbocycles. The molecule has 0 aromatic heterocycles. The summed E-state index contributed by atoms with van der Waals surface area (Å²) >= 11 is 0. The average molecular weight is 250 g/mol. The summed E-state index contributed by atoms with van der Waals surface area (Å²) in [7, 11) is 1.65. The highest BCUT2D eigenvalue weighted by atomic mass is 16.5. The molecule has 18 heavy (non-hydrogen) atoms. The second-order valence-corrected chi connectivity index (χ2v) is 4.25. The topological polar surface area (TPSA) is 50.4 Å². The Kier molecular flexibility index (Phi) is 6.87. The summed E-state index contributed by atoms with van der Waals surface area (Å²) in [4.78, 5) is 11.7. The molecule has 0 aliphatic heterocycles. The first-order chi connectivity index (χ1) is 8.76. The third-order valence-corrected chi connectivity index (χ3v) is 2.64. The number of hydrogen-bond acceptors (Lipinski definition) is 2. The van der Waals surface area contributed by atoms with Crippen molar-refractivity contribution >= 4 is 6.03 Å². The Morgan fingerprint density at radius 1 is 1.33 bits per heavy atom. The molecule has 0 saturated carbocycles. The van der Waals surface area contributed by atoms with Crippen molar-refractivity contribution in [3.63, 3.8) is 0 Å². The molecule has 100 valence electrons. The largest absolute Gasteiger partial charge is 0.383 e. The van der Waals surface area contributed by atoms with Gasteiger partial charge in [-0.05, 0) is 12.0 Å². The maximum atomic E-state index is 11.7. The summed E-state index contributed by atoms with van der Waals surface area (Å²) in [5.41, 5.74) is 1.09. The Morgan fingerprint density at radius 2 is 2.06 bits per heavy atom. The summed E-state index contributed by atoms with van der Waals surface area (Å²) in [6.45, 7) is 3.18. The molecule has 0 fully saturated rings. The van der Waals surface area contributed by atoms with Gasteiger partial charge in [0, 0.05) is 13.7 Å². The number of ether oxygens (including phenoxy) is 1. The Labute approximate surface area is 109 Å². The van der Waals surface area contributed by atoms with E-state index in [0.717, 1.165) is 18.4 Å². The average Bonchev–Trinajstić information content (AvgIpc) is 2.38. The summed E-state index contributed by atoms with van der Waals surface area (Å²) in [5, 5.41) is 5.75. The van der Waals surface area contributed by atoms with Crippen molar-refractivity contribution in [3.05, 3.63) is 35.9 Å². The Morgan fingerprint density at radius 3 is 2.67 bits per heavy atom. The predicted molar refractivity (Wildman–Crippen MR) is 72.4 cm³/mol. The monoisotopic (exact) mass is 250 g/mol. The van der Waals surface area contributed by atoms with E-state index in [4.69, 9.17) is 4.74 Å². The lowest BCUT2D eigenvalue weighted by molar-refractivity contribution is 0.161. The van der Waals surface area contributed by atoms with E-state index in [-0.39, 0.29) is 12.1 Å². The second-order valence-electron chi connectivity index (χ2n) is 4.25. The molecule has 0 aliphatic rings. The number of rotatable bonds is 7. The van der Waals surface area contributed by atoms with E-state index in [1.54, 1.807) is 7.11 Å². The fourth-order valence-corrected chi connectivity index (χ4v) is 1.76. The van der Waals surface area contributed by atoms with Crippen LogP contribution < -0.4 is 10.6 Å². The van der Waals surface area contributed by atoms with Gasteiger partial charge in [-0.1, -0.05) is 43.7 Å². The fraction of sp³-hybridized carbons (Fsp3) is 0.500. The number of benzene rings is 1. The molecule has 1 aromatic rings. The first-order valence-electron chi connectivity index (χ1n) is 6.33. The highest BCUT2D eigenvalue weighted by molar-refractivity contribution is 5.74. The van der Waals surface area contributed by atoms with Crippen LogP contribution in [0.15, 0.2) is 30.3 Å². The first kappa shape index (κ1) is 14.5. The quantitative estimate of drug-likeness (QED) is 0.780. The van der Waals surface area contributed by atoms with Gasteiger partial charge in [-0.15, -0.1) is 0 Å². The van der Waals surface area contributed by atoms with Crippen molar-refractivity contribution in [2.45, 2.75) is 32.4 Å². The van der Waals surface area contributed by atoms with E-state index in [9.17, 15) is 4.79 Å². The van der Waals surface area contributed by atoms with E-state index in [1.165, 1.54) is 0 Å². The third-order valence-electron chi connectivity index (χ3n) is 2.64. The zero-order valence-electron chi connectivity index (χ0n) is 11.1. The van der Waals surface area contributed by atoms with E-state index in [0.29, 0.717) is 13.2 Å². The number of urea groups is 1. The minimum atomic E-state index is -0.144. The molecule has 4 nitrogen and oxygen atoms in total. The fourth-order valence-electron chi connectivity index (χ4n) is 1.76. The predicted octanol–water partition coefficient (Wildman–Crippen LogP) is 2.30. The van der Waals surface area contributed by atoms with Gasteiger partial charge in [-0.3, -0.25) is 0 Å². The summed E-state index contributed by atoms with van der Waals surface area (Å²) < 4.78 is 5.08. The van der Waals surface area contributed by atoms with Gasteiger partial charge in [-0.2, -0.15) is 0 Å². The van der Waals surface area contributed by atoms with Crippen LogP contribution in [0.25, 0.3) is 0 Å². The van der Waals surface area contributed by atoms with Gasteiger partial charge in [0.25, 0.3) is 0 Å². The molecule has 0 bridgehead atoms. The number of carbonyl (C=O) groups is 1. The Bertz CT molecular complexity index is 335. The van der Waals surface area contributed by atoms with E-state index in [2.05, 4.69) is 17.6 Å². The van der Waals surface area contributed by atoms with Gasteiger partial charge >= 0.3 is 6.03 Å². The lowest BCUT2D eigenvalue weighted by Gasteiger charge is -2.17. The van der Waals surface area contributed by atoms with Crippen LogP contribution in [-0.4, -0.2) is 25.8 Å². The molecule has 0 radical (unpaired) electrons. The maximum Gasteiger partial charge on any atom is 0.315 e. The molecule has 0 spiro atoms. The van der Waals surface area contributed by atoms with Gasteiger partial charge in [0.15, 0.2) is 0 Å². The number of carbonyl (C=O) groups excluding carboxylic acids is 1. The van der Waals surface area contributed by atoms with Crippen LogP contribution >= 0.6 is 0 Å². The summed E-state index contributed by atoms with van der Waals surface area (Å²) in [5.74, 6) is 0. The Hall–Kier alpha value is -1.55. The highest BCUT2D eigenvalue weighted by Crippen LogP contribution is 1.99. The normalized spacial score (nSPS) is 11.9. The van der Waals surface area contributed by atoms with Crippen molar-refractivity contribution in [1.29, 1.82) is 0 Å². The zero-order chi connectivity index (χ0) is 13.2. The van der Waals surface area contributed by atoms with Gasteiger partial charge in [0.2, 0.25) is 0 Å². The van der Waals surface area contributed by atoms with E-state index >= 15 is 0 Å². The van der Waals surface area contributed by atoms with Crippen molar-refractivity contribution in [3.8, 4) is 0 Å². The SMILES string of the molecule is CCCC(COC)NC(=O)NCc1ccccc1. The Balaban J connectivity index is 2.31. The standard InChI is InChI=1S/C14H22N2O2/c1-3-7-13(11-18-2)16-14(17)15-10-12-8-5-4-6-9-12/h4-6,8-9,13H,3,7,10-11H2,1-2H3,(H2,15,16,17). The molecule has 1 rings (SSSR count). The van der Waals surface area contributed by atoms with E-state index in [1.807, 2.05) is 30.3 Å². The van der Waals surface area contributed by atoms with Crippen molar-refractivity contribution in [1.82, 2.24) is 10.6 Å². The number of amides is 2. The number of hydrogen-bond donors (Lipinski definition) is 2. The van der Waals surface area contributed by atoms with Gasteiger partial charge in [0.05, 0.1) is 12.6 Å². The highest BCUT2D eigenvalue weighted by Gasteiger charge is 2.10. The van der Waals surface area contributed by atoms with Crippen LogP contribution in [0.2, 0.25) is 0 Å². The van der Waals surface area contributed by atoms with Crippen LogP contribution in [0.4, 0.5) is 4.79 Å². The molecule has 1 unspecified atom stereocenters. The first-order valence-corrected chi connectivity index (χ1v) is 6.33. The summed E-state index contributed by atoms with van der Waals surface area (Å²) in [6.07, 6.45) is 1.94. The lowest BCUT2D eigenvalue weighted by Crippen LogP contribution is -2.43. The molecular weight excluding hydrogens is 228 g/mol. The van der Waals surface area contributed by atoms with Crippen molar-refractivity contribution < 1.29 is 9.53 Å². The number of methoxy groups -OCH3 is 1. The molecule has 0 saturated heterocycles. The van der Waals surface area contributed by atoms with Gasteiger partial charge in [0.1, 0.15) is 0 Å². The minimum absolute atomic E-state index is 0.0794. The van der Waals surface area contributed by atoms with Crippen molar-refractivity contribution in [2.24, 2.45) is 0 Å². The molecular formula is C14H22N2O2. The van der Waals surface area contributed by atoms with Gasteiger partial charge < -0.3 is 15.4 Å². The second kappa shape index (κ2) is 8.53. The molecule has 2 amide bonds. The minimum Gasteiger partial charge on any atom is -0.383 e. The van der Waals surface area contributed by atoms with Gasteiger partial charge in [-0.25, -0.2) is 4.79 Å². The third kappa shape index (κ3) is 5.68. The van der Waals surface area contributed by atoms with Crippen LogP contribution in [0.1, 0.15) is 25.3 Å². The maximum absolute atomic E-state index is 11.7. The van der Waals surface area contributed by atoms with Crippen LogP contribution in [0.3, 0.4) is 0 Å². The van der Waals surface area contributed by atoms with Crippen LogP contribution in [-0.2, 0) is 11.3 Å². The smallest absolute Gasteiger partial charge is 0.315 e. The van der Waals surface area contributed by atoms with Crippen LogP contribution in [0, 0.1) is 0 Å². The molecule has 2 N–H and O–H groups in total. The van der Waals surface area contributed by atoms with Crippen molar-refractivity contribution in [2.75, 3.05) is 13.7 Å². The lowest BCUT2D eigenvalue weighted by atomic mass is 10.2. The van der Waals surface area contributed by atoms with Crippen LogP contribution in [0.5, 0.6) is 0 Å². The summed E-state index contributed by atoms with van der Waals surface area (Å²) in [6, 6.07) is 9.78. The molecule has 4 heteroatoms. The number of nitrogens with one attached hydrogen (secondary N) is 2.